The Bertz CT molecular complexity index is 593. The standard InChI is InChI=1S/C14H15N3O3/c18-13(4-6-17-7-5-15-10-17)16-9-11-2-1-3-12(8-11)14(19)20/h1-3,5,7-8,10H,4,6,9H2,(H,16,18)(H,19,20). The molecule has 0 spiro atoms. The molecule has 0 saturated carbocycles. The third kappa shape index (κ3) is 3.94. The minimum absolute atomic E-state index is 0.0839. The van der Waals surface area contributed by atoms with E-state index >= 15 is 0 Å². The van der Waals surface area contributed by atoms with Crippen molar-refractivity contribution >= 4 is 11.9 Å². The van der Waals surface area contributed by atoms with Gasteiger partial charge in [-0.2, -0.15) is 0 Å². The molecule has 2 aromatic rings. The Hall–Kier alpha value is -2.63. The van der Waals surface area contributed by atoms with E-state index < -0.39 is 5.97 Å². The van der Waals surface area contributed by atoms with Gasteiger partial charge in [0.25, 0.3) is 0 Å². The molecule has 2 N–H and O–H groups in total. The molecule has 0 aliphatic rings. The highest BCUT2D eigenvalue weighted by molar-refractivity contribution is 5.87. The third-order valence-corrected chi connectivity index (χ3v) is 2.82. The van der Waals surface area contributed by atoms with E-state index in [4.69, 9.17) is 5.11 Å². The second kappa shape index (κ2) is 6.51. The van der Waals surface area contributed by atoms with E-state index in [-0.39, 0.29) is 11.5 Å². The van der Waals surface area contributed by atoms with Crippen molar-refractivity contribution in [2.45, 2.75) is 19.5 Å². The molecule has 0 aliphatic carbocycles. The largest absolute Gasteiger partial charge is 0.478 e. The van der Waals surface area contributed by atoms with Crippen molar-refractivity contribution in [3.63, 3.8) is 0 Å². The van der Waals surface area contributed by atoms with Crippen molar-refractivity contribution in [2.24, 2.45) is 0 Å². The molecule has 1 heterocycles. The van der Waals surface area contributed by atoms with Gasteiger partial charge in [-0.15, -0.1) is 0 Å². The first-order valence-corrected chi connectivity index (χ1v) is 6.20. The molecule has 0 saturated heterocycles. The number of aromatic nitrogens is 2. The number of aromatic carboxylic acids is 1. The zero-order chi connectivity index (χ0) is 14.4. The number of benzene rings is 1. The van der Waals surface area contributed by atoms with Crippen LogP contribution < -0.4 is 5.32 Å². The lowest BCUT2D eigenvalue weighted by atomic mass is 10.1. The number of carboxylic acids is 1. The van der Waals surface area contributed by atoms with Crippen LogP contribution in [0.15, 0.2) is 43.0 Å². The SMILES string of the molecule is O=C(CCn1ccnc1)NCc1cccc(C(=O)O)c1. The van der Waals surface area contributed by atoms with Crippen LogP contribution >= 0.6 is 0 Å². The van der Waals surface area contributed by atoms with Crippen LogP contribution in [0, 0.1) is 0 Å². The van der Waals surface area contributed by atoms with Gasteiger partial charge in [0, 0.05) is 31.9 Å². The topological polar surface area (TPSA) is 84.2 Å². The summed E-state index contributed by atoms with van der Waals surface area (Å²) < 4.78 is 1.82. The molecular weight excluding hydrogens is 258 g/mol. The van der Waals surface area contributed by atoms with Gasteiger partial charge in [0.2, 0.25) is 5.91 Å². The molecule has 1 aromatic heterocycles. The number of carboxylic acid groups (broad SMARTS) is 1. The molecule has 104 valence electrons. The number of aryl methyl sites for hydroxylation is 1. The Morgan fingerprint density at radius 3 is 2.90 bits per heavy atom. The van der Waals surface area contributed by atoms with Crippen LogP contribution in [0.2, 0.25) is 0 Å². The number of nitrogens with one attached hydrogen (secondary N) is 1. The maximum absolute atomic E-state index is 11.7. The summed E-state index contributed by atoms with van der Waals surface area (Å²) in [5, 5.41) is 11.6. The smallest absolute Gasteiger partial charge is 0.335 e. The highest BCUT2D eigenvalue weighted by atomic mass is 16.4. The predicted molar refractivity (Wildman–Crippen MR) is 72.1 cm³/mol. The zero-order valence-corrected chi connectivity index (χ0v) is 10.8. The maximum Gasteiger partial charge on any atom is 0.335 e. The van der Waals surface area contributed by atoms with E-state index in [1.54, 1.807) is 36.9 Å². The number of imidazole rings is 1. The van der Waals surface area contributed by atoms with Crippen molar-refractivity contribution in [3.05, 3.63) is 54.1 Å². The number of carbonyl (C=O) groups is 2. The van der Waals surface area contributed by atoms with E-state index in [1.807, 2.05) is 4.57 Å². The van der Waals surface area contributed by atoms with Crippen molar-refractivity contribution in [3.8, 4) is 0 Å². The maximum atomic E-state index is 11.7. The predicted octanol–water partition coefficient (Wildman–Crippen LogP) is 1.29. The first-order chi connectivity index (χ1) is 9.65. The van der Waals surface area contributed by atoms with Gasteiger partial charge in [0.15, 0.2) is 0 Å². The molecule has 20 heavy (non-hydrogen) atoms. The van der Waals surface area contributed by atoms with Crippen molar-refractivity contribution in [2.75, 3.05) is 0 Å². The van der Waals surface area contributed by atoms with Crippen LogP contribution in [0.25, 0.3) is 0 Å². The summed E-state index contributed by atoms with van der Waals surface area (Å²) in [7, 11) is 0. The van der Waals surface area contributed by atoms with Gasteiger partial charge in [0.05, 0.1) is 11.9 Å². The summed E-state index contributed by atoms with van der Waals surface area (Å²) in [6.07, 6.45) is 5.47. The molecule has 1 amide bonds. The van der Waals surface area contributed by atoms with E-state index in [1.165, 1.54) is 6.07 Å². The van der Waals surface area contributed by atoms with Crippen LogP contribution in [0.1, 0.15) is 22.3 Å². The van der Waals surface area contributed by atoms with Gasteiger partial charge in [-0.3, -0.25) is 4.79 Å². The minimum Gasteiger partial charge on any atom is -0.478 e. The molecule has 2 rings (SSSR count). The summed E-state index contributed by atoms with van der Waals surface area (Å²) >= 11 is 0. The quantitative estimate of drug-likeness (QED) is 0.830. The fourth-order valence-corrected chi connectivity index (χ4v) is 1.75. The lowest BCUT2D eigenvalue weighted by Gasteiger charge is -2.06. The second-order valence-corrected chi connectivity index (χ2v) is 4.33. The van der Waals surface area contributed by atoms with Crippen molar-refractivity contribution < 1.29 is 14.7 Å². The van der Waals surface area contributed by atoms with Gasteiger partial charge in [-0.25, -0.2) is 9.78 Å². The number of nitrogens with zero attached hydrogens (tertiary/aromatic N) is 2. The monoisotopic (exact) mass is 273 g/mol. The van der Waals surface area contributed by atoms with Crippen LogP contribution in [0.4, 0.5) is 0 Å². The molecule has 0 bridgehead atoms. The lowest BCUT2D eigenvalue weighted by molar-refractivity contribution is -0.121. The number of rotatable bonds is 6. The minimum atomic E-state index is -0.974. The normalized spacial score (nSPS) is 10.2. The molecule has 6 heteroatoms. The molecular formula is C14H15N3O3. The Balaban J connectivity index is 1.81. The summed E-state index contributed by atoms with van der Waals surface area (Å²) in [5.74, 6) is -1.06. The first-order valence-electron chi connectivity index (χ1n) is 6.20. The third-order valence-electron chi connectivity index (χ3n) is 2.82. The van der Waals surface area contributed by atoms with Crippen LogP contribution in [-0.2, 0) is 17.9 Å². The Kier molecular flexibility index (Phi) is 4.49. The summed E-state index contributed by atoms with van der Waals surface area (Å²) in [5.41, 5.74) is 0.982. The van der Waals surface area contributed by atoms with E-state index in [0.717, 1.165) is 5.56 Å². The second-order valence-electron chi connectivity index (χ2n) is 4.33. The summed E-state index contributed by atoms with van der Waals surface area (Å²) in [6.45, 7) is 0.894. The molecule has 0 unspecified atom stereocenters. The fourth-order valence-electron chi connectivity index (χ4n) is 1.75. The van der Waals surface area contributed by atoms with Crippen LogP contribution in [0.5, 0.6) is 0 Å². The van der Waals surface area contributed by atoms with Gasteiger partial charge in [0.1, 0.15) is 0 Å². The Morgan fingerprint density at radius 1 is 1.35 bits per heavy atom. The highest BCUT2D eigenvalue weighted by Gasteiger charge is 2.05. The number of amides is 1. The van der Waals surface area contributed by atoms with E-state index in [2.05, 4.69) is 10.3 Å². The number of carbonyl (C=O) groups excluding carboxylic acids is 1. The molecule has 6 nitrogen and oxygen atoms in total. The Morgan fingerprint density at radius 2 is 2.20 bits per heavy atom. The highest BCUT2D eigenvalue weighted by Crippen LogP contribution is 2.05. The Labute approximate surface area is 116 Å². The summed E-state index contributed by atoms with van der Waals surface area (Å²) in [6, 6.07) is 6.52. The average Bonchev–Trinajstić information content (AvgIpc) is 2.96. The number of hydrogen-bond donors (Lipinski definition) is 2. The van der Waals surface area contributed by atoms with Crippen LogP contribution in [0.3, 0.4) is 0 Å². The van der Waals surface area contributed by atoms with E-state index in [0.29, 0.717) is 19.5 Å². The fraction of sp³-hybridized carbons (Fsp3) is 0.214. The molecule has 0 fully saturated rings. The average molecular weight is 273 g/mol. The molecule has 0 aliphatic heterocycles. The molecule has 0 radical (unpaired) electrons. The van der Waals surface area contributed by atoms with Crippen molar-refractivity contribution in [1.82, 2.24) is 14.9 Å². The van der Waals surface area contributed by atoms with Gasteiger partial charge >= 0.3 is 5.97 Å². The zero-order valence-electron chi connectivity index (χ0n) is 10.8. The first kappa shape index (κ1) is 13.8. The summed E-state index contributed by atoms with van der Waals surface area (Å²) in [4.78, 5) is 26.4. The van der Waals surface area contributed by atoms with Crippen LogP contribution in [-0.4, -0.2) is 26.5 Å². The van der Waals surface area contributed by atoms with E-state index in [9.17, 15) is 9.59 Å². The number of hydrogen-bond acceptors (Lipinski definition) is 3. The van der Waals surface area contributed by atoms with Gasteiger partial charge < -0.3 is 15.0 Å². The molecule has 0 atom stereocenters. The van der Waals surface area contributed by atoms with Gasteiger partial charge in [-0.05, 0) is 17.7 Å². The molecule has 1 aromatic carbocycles. The lowest BCUT2D eigenvalue weighted by Crippen LogP contribution is -2.23. The van der Waals surface area contributed by atoms with Gasteiger partial charge in [-0.1, -0.05) is 12.1 Å². The van der Waals surface area contributed by atoms with Crippen molar-refractivity contribution in [1.29, 1.82) is 0 Å².